The number of nitro benzene ring substituents is 1. The lowest BCUT2D eigenvalue weighted by atomic mass is 10.0. The molecule has 1 heterocycles. The molecule has 1 N–H and O–H groups in total. The number of hydrogen-bond acceptors (Lipinski definition) is 6. The molecule has 0 amide bonds. The number of benzene rings is 2. The molecular weight excluding hydrogens is 382 g/mol. The van der Waals surface area contributed by atoms with Crippen LogP contribution in [0.1, 0.15) is 25.3 Å². The summed E-state index contributed by atoms with van der Waals surface area (Å²) in [6.07, 6.45) is 0. The number of hydrogen-bond donors (Lipinski definition) is 1. The average Bonchev–Trinajstić information content (AvgIpc) is 2.69. The Bertz CT molecular complexity index is 969. The van der Waals surface area contributed by atoms with Crippen LogP contribution in [0.15, 0.2) is 47.4 Å². The van der Waals surface area contributed by atoms with Crippen molar-refractivity contribution in [2.24, 2.45) is 0 Å². The van der Waals surface area contributed by atoms with Crippen LogP contribution in [0.25, 0.3) is 0 Å². The second-order valence-corrected chi connectivity index (χ2v) is 8.80. The van der Waals surface area contributed by atoms with Crippen molar-refractivity contribution >= 4 is 27.1 Å². The van der Waals surface area contributed by atoms with Crippen molar-refractivity contribution in [3.05, 3.63) is 58.1 Å². The van der Waals surface area contributed by atoms with Crippen molar-refractivity contribution < 1.29 is 18.1 Å². The molecule has 0 unspecified atom stereocenters. The molecular formula is C19H23N3O5S. The van der Waals surface area contributed by atoms with Crippen LogP contribution in [0, 0.1) is 10.1 Å². The molecule has 9 heteroatoms. The molecule has 0 radical (unpaired) electrons. The number of nitrogens with one attached hydrogen (secondary N) is 1. The van der Waals surface area contributed by atoms with Gasteiger partial charge < -0.3 is 10.1 Å². The molecule has 1 aliphatic heterocycles. The van der Waals surface area contributed by atoms with E-state index in [1.165, 1.54) is 16.4 Å². The van der Waals surface area contributed by atoms with Crippen LogP contribution < -0.4 is 5.32 Å². The third-order valence-corrected chi connectivity index (χ3v) is 6.50. The minimum atomic E-state index is -3.80. The Labute approximate surface area is 164 Å². The summed E-state index contributed by atoms with van der Waals surface area (Å²) in [6.45, 7) is 5.22. The smallest absolute Gasteiger partial charge is 0.294 e. The number of morpholine rings is 1. The van der Waals surface area contributed by atoms with Crippen LogP contribution in [0.2, 0.25) is 0 Å². The predicted molar refractivity (Wildman–Crippen MR) is 106 cm³/mol. The van der Waals surface area contributed by atoms with E-state index in [-0.39, 0.29) is 29.4 Å². The molecule has 2 aromatic rings. The monoisotopic (exact) mass is 405 g/mol. The van der Waals surface area contributed by atoms with E-state index in [0.29, 0.717) is 24.8 Å². The zero-order chi connectivity index (χ0) is 20.3. The SMILES string of the molecule is CC(C)c1cccc(Nc2ccc(S(=O)(=O)N3CCOCC3)cc2[N+](=O)[O-])c1. The molecule has 150 valence electrons. The number of ether oxygens (including phenoxy) is 1. The molecule has 0 bridgehead atoms. The minimum Gasteiger partial charge on any atom is -0.379 e. The lowest BCUT2D eigenvalue weighted by Gasteiger charge is -2.26. The normalized spacial score (nSPS) is 15.5. The number of rotatable bonds is 6. The van der Waals surface area contributed by atoms with Crippen LogP contribution in [-0.4, -0.2) is 43.9 Å². The van der Waals surface area contributed by atoms with E-state index >= 15 is 0 Å². The van der Waals surface area contributed by atoms with Gasteiger partial charge in [0.2, 0.25) is 10.0 Å². The first-order valence-electron chi connectivity index (χ1n) is 9.02. The predicted octanol–water partition coefficient (Wildman–Crippen LogP) is 3.48. The fourth-order valence-electron chi connectivity index (χ4n) is 3.00. The first kappa shape index (κ1) is 20.2. The molecule has 0 atom stereocenters. The second kappa shape index (κ2) is 8.26. The summed E-state index contributed by atoms with van der Waals surface area (Å²) >= 11 is 0. The Balaban J connectivity index is 1.93. The molecule has 3 rings (SSSR count). The highest BCUT2D eigenvalue weighted by molar-refractivity contribution is 7.89. The summed E-state index contributed by atoms with van der Waals surface area (Å²) in [7, 11) is -3.80. The molecule has 1 fully saturated rings. The van der Waals surface area contributed by atoms with Gasteiger partial charge in [0.15, 0.2) is 0 Å². The Morgan fingerprint density at radius 2 is 1.86 bits per heavy atom. The summed E-state index contributed by atoms with van der Waals surface area (Å²) in [5.74, 6) is 0.317. The molecule has 0 spiro atoms. The van der Waals surface area contributed by atoms with Gasteiger partial charge in [-0.3, -0.25) is 10.1 Å². The third-order valence-electron chi connectivity index (χ3n) is 4.61. The highest BCUT2D eigenvalue weighted by Gasteiger charge is 2.28. The number of nitrogens with zero attached hydrogens (tertiary/aromatic N) is 2. The van der Waals surface area contributed by atoms with Gasteiger partial charge in [0.05, 0.1) is 23.0 Å². The van der Waals surface area contributed by atoms with Gasteiger partial charge >= 0.3 is 0 Å². The maximum Gasteiger partial charge on any atom is 0.294 e. The molecule has 0 saturated carbocycles. The largest absolute Gasteiger partial charge is 0.379 e. The van der Waals surface area contributed by atoms with Crippen molar-refractivity contribution in [2.75, 3.05) is 31.6 Å². The van der Waals surface area contributed by atoms with Crippen LogP contribution in [-0.2, 0) is 14.8 Å². The van der Waals surface area contributed by atoms with Crippen LogP contribution in [0.3, 0.4) is 0 Å². The number of nitro groups is 1. The van der Waals surface area contributed by atoms with Crippen molar-refractivity contribution in [3.8, 4) is 0 Å². The van der Waals surface area contributed by atoms with Crippen molar-refractivity contribution in [1.29, 1.82) is 0 Å². The Morgan fingerprint density at radius 3 is 2.50 bits per heavy atom. The fourth-order valence-corrected chi connectivity index (χ4v) is 4.42. The quantitative estimate of drug-likeness (QED) is 0.583. The molecule has 8 nitrogen and oxygen atoms in total. The fraction of sp³-hybridized carbons (Fsp3) is 0.368. The maximum absolute atomic E-state index is 12.8. The van der Waals surface area contributed by atoms with Gasteiger partial charge in [-0.25, -0.2) is 8.42 Å². The Hall–Kier alpha value is -2.49. The summed E-state index contributed by atoms with van der Waals surface area (Å²) in [5.41, 5.74) is 1.76. The van der Waals surface area contributed by atoms with E-state index in [1.807, 2.05) is 24.3 Å². The van der Waals surface area contributed by atoms with Crippen molar-refractivity contribution in [3.63, 3.8) is 0 Å². The number of anilines is 2. The highest BCUT2D eigenvalue weighted by atomic mass is 32.2. The summed E-state index contributed by atoms with van der Waals surface area (Å²) in [4.78, 5) is 10.9. The summed E-state index contributed by atoms with van der Waals surface area (Å²) < 4.78 is 32.0. The standard InChI is InChI=1S/C19H23N3O5S/c1-14(2)15-4-3-5-16(12-15)20-18-7-6-17(13-19(18)22(23)24)28(25,26)21-8-10-27-11-9-21/h3-7,12-14,20H,8-11H2,1-2H3. The maximum atomic E-state index is 12.8. The molecule has 2 aromatic carbocycles. The van der Waals surface area contributed by atoms with Gasteiger partial charge in [-0.15, -0.1) is 0 Å². The topological polar surface area (TPSA) is 102 Å². The van der Waals surface area contributed by atoms with Crippen molar-refractivity contribution in [1.82, 2.24) is 4.31 Å². The van der Waals surface area contributed by atoms with Gasteiger partial charge in [-0.1, -0.05) is 26.0 Å². The molecule has 0 aromatic heterocycles. The van der Waals surface area contributed by atoms with E-state index in [4.69, 9.17) is 4.74 Å². The van der Waals surface area contributed by atoms with Gasteiger partial charge in [-0.2, -0.15) is 4.31 Å². The lowest BCUT2D eigenvalue weighted by molar-refractivity contribution is -0.384. The van der Waals surface area contributed by atoms with Gasteiger partial charge in [0, 0.05) is 24.8 Å². The Kier molecular flexibility index (Phi) is 5.97. The second-order valence-electron chi connectivity index (χ2n) is 6.86. The summed E-state index contributed by atoms with van der Waals surface area (Å²) in [6, 6.07) is 11.5. The van der Waals surface area contributed by atoms with Gasteiger partial charge in [0.25, 0.3) is 5.69 Å². The Morgan fingerprint density at radius 1 is 1.14 bits per heavy atom. The molecule has 1 aliphatic rings. The zero-order valence-corrected chi connectivity index (χ0v) is 16.6. The van der Waals surface area contributed by atoms with E-state index in [2.05, 4.69) is 19.2 Å². The van der Waals surface area contributed by atoms with E-state index in [0.717, 1.165) is 11.6 Å². The lowest BCUT2D eigenvalue weighted by Crippen LogP contribution is -2.40. The third kappa shape index (κ3) is 4.32. The first-order valence-corrected chi connectivity index (χ1v) is 10.5. The number of sulfonamides is 1. The molecule has 0 aliphatic carbocycles. The van der Waals surface area contributed by atoms with Gasteiger partial charge in [-0.05, 0) is 35.7 Å². The van der Waals surface area contributed by atoms with Crippen LogP contribution >= 0.6 is 0 Å². The van der Waals surface area contributed by atoms with E-state index < -0.39 is 14.9 Å². The van der Waals surface area contributed by atoms with E-state index in [9.17, 15) is 18.5 Å². The first-order chi connectivity index (χ1) is 13.3. The highest BCUT2D eigenvalue weighted by Crippen LogP contribution is 2.32. The minimum absolute atomic E-state index is 0.0948. The zero-order valence-electron chi connectivity index (χ0n) is 15.8. The van der Waals surface area contributed by atoms with E-state index in [1.54, 1.807) is 0 Å². The van der Waals surface area contributed by atoms with Gasteiger partial charge in [0.1, 0.15) is 5.69 Å². The van der Waals surface area contributed by atoms with Crippen molar-refractivity contribution in [2.45, 2.75) is 24.7 Å². The summed E-state index contributed by atoms with van der Waals surface area (Å²) in [5, 5.41) is 14.6. The average molecular weight is 405 g/mol. The molecule has 28 heavy (non-hydrogen) atoms. The molecule has 1 saturated heterocycles. The van der Waals surface area contributed by atoms with Crippen LogP contribution in [0.4, 0.5) is 17.1 Å². The van der Waals surface area contributed by atoms with Crippen LogP contribution in [0.5, 0.6) is 0 Å².